The average Bonchev–Trinajstić information content (AvgIpc) is 2.82. The van der Waals surface area contributed by atoms with Crippen LogP contribution in [0.2, 0.25) is 0 Å². The van der Waals surface area contributed by atoms with Gasteiger partial charge in [-0.2, -0.15) is 0 Å². The number of anilines is 1. The fourth-order valence-electron chi connectivity index (χ4n) is 1.82. The first-order valence-corrected chi connectivity index (χ1v) is 6.21. The van der Waals surface area contributed by atoms with Crippen LogP contribution in [0.1, 0.15) is 18.5 Å². The summed E-state index contributed by atoms with van der Waals surface area (Å²) in [6, 6.07) is 5.99. The first-order chi connectivity index (χ1) is 8.34. The largest absolute Gasteiger partial charge is 0.379 e. The lowest BCUT2D eigenvalue weighted by Gasteiger charge is -2.10. The van der Waals surface area contributed by atoms with E-state index in [0.717, 1.165) is 50.7 Å². The Morgan fingerprint density at radius 3 is 3.24 bits per heavy atom. The lowest BCUT2D eigenvalue weighted by atomic mass is 10.3. The van der Waals surface area contributed by atoms with Crippen LogP contribution in [-0.4, -0.2) is 37.5 Å². The summed E-state index contributed by atoms with van der Waals surface area (Å²) in [4.78, 5) is 4.38. The highest BCUT2D eigenvalue weighted by Crippen LogP contribution is 2.08. The first kappa shape index (κ1) is 12.3. The third-order valence-electron chi connectivity index (χ3n) is 2.76. The summed E-state index contributed by atoms with van der Waals surface area (Å²) in [6.45, 7) is 5.27. The molecule has 0 saturated carbocycles. The molecular formula is C13H20N2O2. The van der Waals surface area contributed by atoms with Crippen molar-refractivity contribution in [2.45, 2.75) is 25.9 Å². The number of rotatable bonds is 6. The van der Waals surface area contributed by atoms with Gasteiger partial charge in [-0.05, 0) is 31.9 Å². The molecule has 0 aromatic carbocycles. The lowest BCUT2D eigenvalue weighted by molar-refractivity contribution is 0.0427. The molecule has 0 aliphatic carbocycles. The predicted octanol–water partition coefficient (Wildman–Crippen LogP) is 2.00. The Morgan fingerprint density at radius 1 is 1.53 bits per heavy atom. The number of hydrogen-bond donors (Lipinski definition) is 1. The van der Waals surface area contributed by atoms with E-state index in [1.807, 2.05) is 25.1 Å². The summed E-state index contributed by atoms with van der Waals surface area (Å²) in [5, 5.41) is 3.29. The molecule has 1 aliphatic heterocycles. The molecule has 1 saturated heterocycles. The molecule has 1 N–H and O–H groups in total. The van der Waals surface area contributed by atoms with Crippen LogP contribution < -0.4 is 5.32 Å². The van der Waals surface area contributed by atoms with Gasteiger partial charge in [-0.3, -0.25) is 0 Å². The van der Waals surface area contributed by atoms with Gasteiger partial charge in [0.2, 0.25) is 0 Å². The molecule has 2 rings (SSSR count). The second-order valence-electron chi connectivity index (χ2n) is 4.30. The molecule has 1 aliphatic rings. The number of hydrogen-bond acceptors (Lipinski definition) is 4. The zero-order valence-corrected chi connectivity index (χ0v) is 10.3. The molecule has 17 heavy (non-hydrogen) atoms. The normalized spacial score (nSPS) is 19.5. The molecule has 1 aromatic rings. The maximum atomic E-state index is 5.68. The van der Waals surface area contributed by atoms with Gasteiger partial charge >= 0.3 is 0 Å². The van der Waals surface area contributed by atoms with Crippen molar-refractivity contribution in [3.8, 4) is 0 Å². The molecule has 94 valence electrons. The molecule has 4 nitrogen and oxygen atoms in total. The van der Waals surface area contributed by atoms with Crippen LogP contribution in [-0.2, 0) is 9.47 Å². The second-order valence-corrected chi connectivity index (χ2v) is 4.30. The number of aromatic nitrogens is 1. The van der Waals surface area contributed by atoms with Gasteiger partial charge in [-0.1, -0.05) is 6.07 Å². The summed E-state index contributed by atoms with van der Waals surface area (Å²) in [7, 11) is 0. The van der Waals surface area contributed by atoms with Gasteiger partial charge in [0.25, 0.3) is 0 Å². The van der Waals surface area contributed by atoms with E-state index in [2.05, 4.69) is 10.3 Å². The molecule has 0 unspecified atom stereocenters. The number of pyridine rings is 1. The molecule has 4 heteroatoms. The van der Waals surface area contributed by atoms with Gasteiger partial charge in [0.15, 0.2) is 0 Å². The van der Waals surface area contributed by atoms with E-state index >= 15 is 0 Å². The van der Waals surface area contributed by atoms with Crippen LogP contribution >= 0.6 is 0 Å². The van der Waals surface area contributed by atoms with E-state index in [0.29, 0.717) is 6.10 Å². The highest BCUT2D eigenvalue weighted by molar-refractivity contribution is 5.34. The number of ether oxygens (including phenoxy) is 2. The molecule has 1 fully saturated rings. The average molecular weight is 236 g/mol. The summed E-state index contributed by atoms with van der Waals surface area (Å²) in [5.74, 6) is 0.939. The van der Waals surface area contributed by atoms with E-state index in [1.54, 1.807) is 0 Å². The topological polar surface area (TPSA) is 43.4 Å². The van der Waals surface area contributed by atoms with Crippen LogP contribution in [0, 0.1) is 6.92 Å². The van der Waals surface area contributed by atoms with E-state index in [9.17, 15) is 0 Å². The predicted molar refractivity (Wildman–Crippen MR) is 67.3 cm³/mol. The van der Waals surface area contributed by atoms with Gasteiger partial charge in [-0.25, -0.2) is 4.98 Å². The second kappa shape index (κ2) is 6.57. The minimum atomic E-state index is 0.312. The number of aryl methyl sites for hydroxylation is 1. The van der Waals surface area contributed by atoms with Crippen molar-refractivity contribution in [1.82, 2.24) is 4.98 Å². The van der Waals surface area contributed by atoms with Gasteiger partial charge < -0.3 is 14.8 Å². The van der Waals surface area contributed by atoms with E-state index in [1.165, 1.54) is 0 Å². The fourth-order valence-corrected chi connectivity index (χ4v) is 1.82. The third-order valence-corrected chi connectivity index (χ3v) is 2.76. The summed E-state index contributed by atoms with van der Waals surface area (Å²) in [5.41, 5.74) is 1.04. The van der Waals surface area contributed by atoms with E-state index in [-0.39, 0.29) is 0 Å². The van der Waals surface area contributed by atoms with Crippen LogP contribution in [0.25, 0.3) is 0 Å². The molecule has 0 amide bonds. The van der Waals surface area contributed by atoms with Crippen LogP contribution in [0.4, 0.5) is 5.82 Å². The minimum Gasteiger partial charge on any atom is -0.379 e. The first-order valence-electron chi connectivity index (χ1n) is 6.21. The fraction of sp³-hybridized carbons (Fsp3) is 0.615. The Kier molecular flexibility index (Phi) is 4.76. The molecule has 0 spiro atoms. The molecule has 2 heterocycles. The van der Waals surface area contributed by atoms with Crippen LogP contribution in [0.15, 0.2) is 18.2 Å². The zero-order valence-electron chi connectivity index (χ0n) is 10.3. The quantitative estimate of drug-likeness (QED) is 0.767. The molecule has 0 radical (unpaired) electrons. The van der Waals surface area contributed by atoms with Crippen molar-refractivity contribution in [1.29, 1.82) is 0 Å². The van der Waals surface area contributed by atoms with Crippen molar-refractivity contribution < 1.29 is 9.47 Å². The van der Waals surface area contributed by atoms with Gasteiger partial charge in [0.1, 0.15) is 5.82 Å². The minimum absolute atomic E-state index is 0.312. The molecular weight excluding hydrogens is 216 g/mol. The Labute approximate surface area is 102 Å². The highest BCUT2D eigenvalue weighted by Gasteiger charge is 2.15. The Hall–Kier alpha value is -1.13. The third kappa shape index (κ3) is 4.32. The molecule has 1 atom stereocenters. The number of nitrogens with one attached hydrogen (secondary N) is 1. The highest BCUT2D eigenvalue weighted by atomic mass is 16.5. The van der Waals surface area contributed by atoms with Crippen molar-refractivity contribution in [3.05, 3.63) is 23.9 Å². The Morgan fingerprint density at radius 2 is 2.47 bits per heavy atom. The standard InChI is InChI=1S/C13H20N2O2/c1-11-4-2-5-13(15-11)14-7-3-8-17-12-6-9-16-10-12/h2,4-5,12H,3,6-10H2,1H3,(H,14,15)/t12-/m0/s1. The van der Waals surface area contributed by atoms with Gasteiger partial charge in [-0.15, -0.1) is 0 Å². The van der Waals surface area contributed by atoms with E-state index < -0.39 is 0 Å². The smallest absolute Gasteiger partial charge is 0.126 e. The zero-order chi connectivity index (χ0) is 11.9. The molecule has 1 aromatic heterocycles. The van der Waals surface area contributed by atoms with Gasteiger partial charge in [0, 0.05) is 25.5 Å². The van der Waals surface area contributed by atoms with Crippen molar-refractivity contribution in [2.24, 2.45) is 0 Å². The Balaban J connectivity index is 1.56. The summed E-state index contributed by atoms with van der Waals surface area (Å²) >= 11 is 0. The Bertz CT molecular complexity index is 338. The number of nitrogens with zero attached hydrogens (tertiary/aromatic N) is 1. The van der Waals surface area contributed by atoms with Crippen LogP contribution in [0.3, 0.4) is 0 Å². The van der Waals surface area contributed by atoms with Crippen molar-refractivity contribution in [2.75, 3.05) is 31.7 Å². The SMILES string of the molecule is Cc1cccc(NCCCO[C@H]2CCOC2)n1. The summed E-state index contributed by atoms with van der Waals surface area (Å²) < 4.78 is 10.9. The van der Waals surface area contributed by atoms with Crippen LogP contribution in [0.5, 0.6) is 0 Å². The van der Waals surface area contributed by atoms with Crippen molar-refractivity contribution in [3.63, 3.8) is 0 Å². The molecule has 0 bridgehead atoms. The maximum absolute atomic E-state index is 5.68. The van der Waals surface area contributed by atoms with Crippen molar-refractivity contribution >= 4 is 5.82 Å². The maximum Gasteiger partial charge on any atom is 0.126 e. The monoisotopic (exact) mass is 236 g/mol. The lowest BCUT2D eigenvalue weighted by Crippen LogP contribution is -2.15. The van der Waals surface area contributed by atoms with Gasteiger partial charge in [0.05, 0.1) is 12.7 Å². The van der Waals surface area contributed by atoms with E-state index in [4.69, 9.17) is 9.47 Å². The summed E-state index contributed by atoms with van der Waals surface area (Å²) in [6.07, 6.45) is 2.34.